The number of alkyl halides is 2. The van der Waals surface area contributed by atoms with E-state index < -0.39 is 6.43 Å². The number of pyridine rings is 1. The molecule has 3 aromatic rings. The molecule has 0 aliphatic carbocycles. The number of nitrogens with zero attached hydrogens (tertiary/aromatic N) is 5. The zero-order valence-corrected chi connectivity index (χ0v) is 17.0. The molecule has 0 aromatic carbocycles. The van der Waals surface area contributed by atoms with Crippen LogP contribution < -0.4 is 0 Å². The summed E-state index contributed by atoms with van der Waals surface area (Å²) in [6.07, 6.45) is 4.46. The molecule has 162 valence electrons. The molecule has 2 fully saturated rings. The predicted octanol–water partition coefficient (Wildman–Crippen LogP) is 2.77. The Kier molecular flexibility index (Phi) is 5.43. The monoisotopic (exact) mass is 418 g/mol. The molecule has 3 aromatic heterocycles. The van der Waals surface area contributed by atoms with Crippen molar-refractivity contribution in [3.8, 4) is 0 Å². The van der Waals surface area contributed by atoms with Gasteiger partial charge in [0.2, 0.25) is 0 Å². The van der Waals surface area contributed by atoms with E-state index in [-0.39, 0.29) is 18.7 Å². The molecule has 9 heteroatoms. The Morgan fingerprint density at radius 1 is 1.10 bits per heavy atom. The fraction of sp³-hybridized carbons (Fsp3) is 0.619. The molecule has 5 heterocycles. The Balaban J connectivity index is 1.48. The zero-order valence-electron chi connectivity index (χ0n) is 17.0. The van der Waals surface area contributed by atoms with Crippen LogP contribution in [0.3, 0.4) is 0 Å². The third-order valence-corrected chi connectivity index (χ3v) is 6.55. The molecule has 0 unspecified atom stereocenters. The van der Waals surface area contributed by atoms with Crippen molar-refractivity contribution in [2.75, 3.05) is 32.7 Å². The second-order valence-corrected chi connectivity index (χ2v) is 8.56. The second kappa shape index (κ2) is 8.20. The Morgan fingerprint density at radius 2 is 1.83 bits per heavy atom. The van der Waals surface area contributed by atoms with Gasteiger partial charge in [0.05, 0.1) is 30.9 Å². The molecule has 5 rings (SSSR count). The molecule has 2 aliphatic rings. The van der Waals surface area contributed by atoms with Gasteiger partial charge in [0.25, 0.3) is 6.43 Å². The summed E-state index contributed by atoms with van der Waals surface area (Å²) < 4.78 is 27.9. The maximum absolute atomic E-state index is 12.8. The molecule has 30 heavy (non-hydrogen) atoms. The van der Waals surface area contributed by atoms with Gasteiger partial charge < -0.3 is 14.7 Å². The summed E-state index contributed by atoms with van der Waals surface area (Å²) in [5.41, 5.74) is 2.80. The van der Waals surface area contributed by atoms with E-state index in [0.717, 1.165) is 73.2 Å². The number of hydrogen-bond acceptors (Lipinski definition) is 5. The first-order valence-corrected chi connectivity index (χ1v) is 10.8. The topological polar surface area (TPSA) is 73.2 Å². The molecule has 0 atom stereocenters. The normalized spacial score (nSPS) is 20.8. The quantitative estimate of drug-likeness (QED) is 0.667. The van der Waals surface area contributed by atoms with Crippen molar-refractivity contribution in [3.63, 3.8) is 0 Å². The highest BCUT2D eigenvalue weighted by Gasteiger charge is 2.28. The van der Waals surface area contributed by atoms with E-state index in [1.807, 2.05) is 23.4 Å². The molecule has 0 spiro atoms. The average molecular weight is 418 g/mol. The van der Waals surface area contributed by atoms with Gasteiger partial charge in [0.15, 0.2) is 0 Å². The summed E-state index contributed by atoms with van der Waals surface area (Å²) in [5.74, 6) is 1.00. The van der Waals surface area contributed by atoms with Crippen LogP contribution in [0.5, 0.6) is 0 Å². The van der Waals surface area contributed by atoms with Crippen molar-refractivity contribution in [2.24, 2.45) is 0 Å². The van der Waals surface area contributed by atoms with E-state index in [2.05, 4.69) is 19.4 Å². The lowest BCUT2D eigenvalue weighted by Gasteiger charge is -2.34. The largest absolute Gasteiger partial charge is 0.393 e. The second-order valence-electron chi connectivity index (χ2n) is 8.56. The average Bonchev–Trinajstić information content (AvgIpc) is 3.34. The van der Waals surface area contributed by atoms with Gasteiger partial charge in [-0.3, -0.25) is 9.80 Å². The summed E-state index contributed by atoms with van der Waals surface area (Å²) in [6.45, 7) is 3.64. The van der Waals surface area contributed by atoms with Crippen LogP contribution in [-0.2, 0) is 6.54 Å². The lowest BCUT2D eigenvalue weighted by Crippen LogP contribution is -2.39. The van der Waals surface area contributed by atoms with Crippen LogP contribution in [-0.4, -0.2) is 79.7 Å². The minimum atomic E-state index is -2.29. The molecular formula is C21H28F2N6O. The lowest BCUT2D eigenvalue weighted by molar-refractivity contribution is 0.0681. The number of aromatic nitrogens is 4. The van der Waals surface area contributed by atoms with E-state index in [4.69, 9.17) is 4.98 Å². The van der Waals surface area contributed by atoms with Crippen molar-refractivity contribution in [2.45, 2.75) is 50.8 Å². The Morgan fingerprint density at radius 3 is 2.57 bits per heavy atom. The SMILES string of the molecule is OC1CCN(Cc2nc3cnc4[nH]ccc4c3n2C2CCN(CC(F)F)CC2)CC1. The van der Waals surface area contributed by atoms with Gasteiger partial charge in [-0.15, -0.1) is 0 Å². The Hall–Kier alpha value is -2.10. The number of aromatic amines is 1. The summed E-state index contributed by atoms with van der Waals surface area (Å²) >= 11 is 0. The van der Waals surface area contributed by atoms with E-state index in [1.54, 1.807) is 0 Å². The van der Waals surface area contributed by atoms with Gasteiger partial charge in [0, 0.05) is 43.8 Å². The summed E-state index contributed by atoms with van der Waals surface area (Å²) in [7, 11) is 0. The van der Waals surface area contributed by atoms with Crippen molar-refractivity contribution in [1.29, 1.82) is 0 Å². The minimum absolute atomic E-state index is 0.146. The minimum Gasteiger partial charge on any atom is -0.393 e. The molecule has 2 aliphatic heterocycles. The molecule has 0 amide bonds. The fourth-order valence-corrected chi connectivity index (χ4v) is 4.98. The number of piperidine rings is 2. The summed E-state index contributed by atoms with van der Waals surface area (Å²) in [4.78, 5) is 16.8. The fourth-order valence-electron chi connectivity index (χ4n) is 4.98. The van der Waals surface area contributed by atoms with E-state index in [0.29, 0.717) is 13.1 Å². The maximum atomic E-state index is 12.8. The smallest absolute Gasteiger partial charge is 0.251 e. The number of aliphatic hydroxyl groups excluding tert-OH is 1. The first-order valence-electron chi connectivity index (χ1n) is 10.8. The standard InChI is InChI=1S/C21H28F2N6O/c22-18(23)12-27-7-2-14(3-8-27)29-19(13-28-9-4-15(30)5-10-28)26-17-11-25-21-16(20(17)29)1-6-24-21/h1,6,11,14-15,18,30H,2-5,7-10,12-13H2,(H,24,25). The maximum Gasteiger partial charge on any atom is 0.251 e. The van der Waals surface area contributed by atoms with Crippen molar-refractivity contribution < 1.29 is 13.9 Å². The number of imidazole rings is 1. The van der Waals surface area contributed by atoms with Crippen molar-refractivity contribution in [1.82, 2.24) is 29.3 Å². The molecule has 2 N–H and O–H groups in total. The first kappa shape index (κ1) is 19.8. The molecule has 0 radical (unpaired) electrons. The number of likely N-dealkylation sites (tertiary alicyclic amines) is 2. The Labute approximate surface area is 173 Å². The van der Waals surface area contributed by atoms with Gasteiger partial charge in [-0.25, -0.2) is 18.7 Å². The van der Waals surface area contributed by atoms with Crippen LogP contribution in [0, 0.1) is 0 Å². The third-order valence-electron chi connectivity index (χ3n) is 6.55. The van der Waals surface area contributed by atoms with Gasteiger partial charge in [-0.05, 0) is 31.7 Å². The number of nitrogens with one attached hydrogen (secondary N) is 1. The highest BCUT2D eigenvalue weighted by atomic mass is 19.3. The predicted molar refractivity (Wildman–Crippen MR) is 111 cm³/mol. The van der Waals surface area contributed by atoms with Crippen LogP contribution >= 0.6 is 0 Å². The Bertz CT molecular complexity index is 1000. The van der Waals surface area contributed by atoms with Crippen LogP contribution in [0.2, 0.25) is 0 Å². The molecule has 7 nitrogen and oxygen atoms in total. The highest BCUT2D eigenvalue weighted by Crippen LogP contribution is 2.33. The van der Waals surface area contributed by atoms with Crippen LogP contribution in [0.25, 0.3) is 22.1 Å². The summed E-state index contributed by atoms with van der Waals surface area (Å²) in [5, 5.41) is 10.9. The van der Waals surface area contributed by atoms with Crippen LogP contribution in [0.4, 0.5) is 8.78 Å². The third kappa shape index (κ3) is 3.81. The number of aliphatic hydroxyl groups is 1. The van der Waals surface area contributed by atoms with Gasteiger partial charge >= 0.3 is 0 Å². The van der Waals surface area contributed by atoms with Crippen LogP contribution in [0.15, 0.2) is 18.5 Å². The number of halogens is 2. The number of hydrogen-bond donors (Lipinski definition) is 2. The molecule has 0 bridgehead atoms. The van der Waals surface area contributed by atoms with E-state index >= 15 is 0 Å². The number of rotatable bonds is 5. The van der Waals surface area contributed by atoms with E-state index in [1.165, 1.54) is 0 Å². The van der Waals surface area contributed by atoms with Gasteiger partial charge in [-0.2, -0.15) is 0 Å². The molecule has 0 saturated carbocycles. The van der Waals surface area contributed by atoms with Gasteiger partial charge in [-0.1, -0.05) is 0 Å². The lowest BCUT2D eigenvalue weighted by atomic mass is 10.0. The van der Waals surface area contributed by atoms with Gasteiger partial charge in [0.1, 0.15) is 17.0 Å². The number of H-pyrrole nitrogens is 1. The molecular weight excluding hydrogens is 390 g/mol. The zero-order chi connectivity index (χ0) is 20.7. The highest BCUT2D eigenvalue weighted by molar-refractivity contribution is 6.01. The number of fused-ring (bicyclic) bond motifs is 3. The van der Waals surface area contributed by atoms with Crippen LogP contribution in [0.1, 0.15) is 37.5 Å². The van der Waals surface area contributed by atoms with Crippen molar-refractivity contribution in [3.05, 3.63) is 24.3 Å². The van der Waals surface area contributed by atoms with E-state index in [9.17, 15) is 13.9 Å². The van der Waals surface area contributed by atoms with Crippen molar-refractivity contribution >= 4 is 22.1 Å². The summed E-state index contributed by atoms with van der Waals surface area (Å²) in [6, 6.07) is 2.27. The first-order chi connectivity index (χ1) is 14.6. The molecule has 2 saturated heterocycles.